The number of aliphatic carboxylic acids is 1. The van der Waals surface area contributed by atoms with E-state index in [9.17, 15) is 19.5 Å². The molecule has 0 spiro atoms. The van der Waals surface area contributed by atoms with Gasteiger partial charge in [-0.25, -0.2) is 9.78 Å². The maximum Gasteiger partial charge on any atom is 0.353 e. The molecule has 4 rings (SSSR count). The first kappa shape index (κ1) is 25.8. The van der Waals surface area contributed by atoms with Crippen molar-refractivity contribution in [2.24, 2.45) is 5.16 Å². The van der Waals surface area contributed by atoms with Gasteiger partial charge in [0.05, 0.1) is 0 Å². The lowest BCUT2D eigenvalue weighted by Crippen LogP contribution is -2.71. The van der Waals surface area contributed by atoms with E-state index in [1.54, 1.807) is 6.92 Å². The van der Waals surface area contributed by atoms with E-state index in [1.807, 2.05) is 0 Å². The van der Waals surface area contributed by atoms with Gasteiger partial charge in [0.15, 0.2) is 5.13 Å². The molecular formula is C20H22N10O5S2. The average molecular weight is 547 g/mol. The van der Waals surface area contributed by atoms with Crippen molar-refractivity contribution in [2.75, 3.05) is 23.8 Å². The van der Waals surface area contributed by atoms with Crippen LogP contribution in [0.15, 0.2) is 29.6 Å². The second-order valence-corrected chi connectivity index (χ2v) is 9.48. The number of amides is 2. The summed E-state index contributed by atoms with van der Waals surface area (Å²) in [7, 11) is 0. The first-order valence-corrected chi connectivity index (χ1v) is 12.5. The molecule has 2 aromatic heterocycles. The fraction of sp³-hybridized carbons (Fsp3) is 0.300. The highest BCUT2D eigenvalue weighted by atomic mass is 32.2. The smallest absolute Gasteiger partial charge is 0.353 e. The van der Waals surface area contributed by atoms with Crippen molar-refractivity contribution in [2.45, 2.75) is 24.9 Å². The van der Waals surface area contributed by atoms with Gasteiger partial charge in [0.1, 0.15) is 40.8 Å². The van der Waals surface area contributed by atoms with E-state index in [2.05, 4.69) is 31.4 Å². The Balaban J connectivity index is 1.65. The maximum absolute atomic E-state index is 13.1. The van der Waals surface area contributed by atoms with Crippen molar-refractivity contribution >= 4 is 63.3 Å². The molecular weight excluding hydrogens is 524 g/mol. The molecule has 0 bridgehead atoms. The van der Waals surface area contributed by atoms with Crippen molar-refractivity contribution in [3.05, 3.63) is 41.6 Å². The molecule has 0 radical (unpaired) electrons. The second-order valence-electron chi connectivity index (χ2n) is 7.60. The number of β-lactam (4-membered cyclic amide) rings is 1. The molecule has 2 aliphatic heterocycles. The largest absolute Gasteiger partial charge is 0.477 e. The molecule has 2 aliphatic rings. The van der Waals surface area contributed by atoms with E-state index in [-0.39, 0.29) is 64.0 Å². The zero-order chi connectivity index (χ0) is 26.9. The lowest BCUT2D eigenvalue weighted by molar-refractivity contribution is -0.149. The van der Waals surface area contributed by atoms with Gasteiger partial charge in [0, 0.05) is 35.5 Å². The number of nitrogen functional groups attached to an aromatic ring is 2. The number of rotatable bonds is 9. The molecule has 15 nitrogen and oxygen atoms in total. The van der Waals surface area contributed by atoms with Crippen molar-refractivity contribution in [1.82, 2.24) is 29.1 Å². The lowest BCUT2D eigenvalue weighted by atomic mass is 10.0. The van der Waals surface area contributed by atoms with Gasteiger partial charge < -0.3 is 31.3 Å². The molecule has 7 N–H and O–H groups in total. The summed E-state index contributed by atoms with van der Waals surface area (Å²) in [5.41, 5.74) is 11.1. The van der Waals surface area contributed by atoms with Gasteiger partial charge in [-0.05, 0) is 6.92 Å². The Morgan fingerprint density at radius 3 is 2.81 bits per heavy atom. The van der Waals surface area contributed by atoms with E-state index in [1.165, 1.54) is 28.5 Å². The molecule has 2 aromatic rings. The third-order valence-corrected chi connectivity index (χ3v) is 7.08. The first-order valence-electron chi connectivity index (χ1n) is 10.7. The number of anilines is 2. The zero-order valence-electron chi connectivity index (χ0n) is 19.4. The predicted molar refractivity (Wildman–Crippen MR) is 135 cm³/mol. The zero-order valence-corrected chi connectivity index (χ0v) is 21.0. The van der Waals surface area contributed by atoms with Gasteiger partial charge in [-0.1, -0.05) is 11.2 Å². The summed E-state index contributed by atoms with van der Waals surface area (Å²) in [5.74, 6) is -2.55. The van der Waals surface area contributed by atoms with Crippen LogP contribution >= 0.6 is 23.3 Å². The van der Waals surface area contributed by atoms with Gasteiger partial charge in [-0.15, -0.1) is 18.3 Å². The Morgan fingerprint density at radius 1 is 1.43 bits per heavy atom. The third-order valence-electron chi connectivity index (χ3n) is 5.26. The third kappa shape index (κ3) is 4.77. The maximum atomic E-state index is 13.1. The van der Waals surface area contributed by atoms with Gasteiger partial charge >= 0.3 is 5.97 Å². The number of carboxylic acid groups (broad SMARTS) is 1. The number of carbonyl (C=O) groups excluding carboxylic acids is 2. The molecule has 1 saturated heterocycles. The normalized spacial score (nSPS) is 19.2. The molecule has 1 fully saturated rings. The van der Waals surface area contributed by atoms with Crippen molar-refractivity contribution in [3.8, 4) is 0 Å². The van der Waals surface area contributed by atoms with E-state index >= 15 is 0 Å². The number of carboxylic acids is 1. The summed E-state index contributed by atoms with van der Waals surface area (Å²) in [5, 5.41) is 24.0. The summed E-state index contributed by atoms with van der Waals surface area (Å²) in [6.45, 7) is 5.68. The highest BCUT2D eigenvalue weighted by molar-refractivity contribution is 8.00. The van der Waals surface area contributed by atoms with Crippen LogP contribution in [0.5, 0.6) is 0 Å². The Hall–Kier alpha value is -4.25. The van der Waals surface area contributed by atoms with Crippen LogP contribution in [0, 0.1) is 5.41 Å². The number of nitrogens with two attached hydrogens (primary N) is 2. The number of hydrogen-bond donors (Lipinski definition) is 5. The minimum absolute atomic E-state index is 0.00392. The van der Waals surface area contributed by atoms with E-state index in [0.717, 1.165) is 16.4 Å². The van der Waals surface area contributed by atoms with Crippen LogP contribution in [0.25, 0.3) is 5.57 Å². The molecule has 1 unspecified atom stereocenters. The number of nitrogens with one attached hydrogen (secondary N) is 2. The predicted octanol–water partition coefficient (Wildman–Crippen LogP) is -0.799. The Morgan fingerprint density at radius 2 is 2.19 bits per heavy atom. The number of nitrogens with zero attached hydrogens (tertiary/aromatic N) is 6. The highest BCUT2D eigenvalue weighted by Gasteiger charge is 2.55. The number of allylic oxidation sites excluding steroid dienone is 1. The summed E-state index contributed by atoms with van der Waals surface area (Å²) in [4.78, 5) is 52.7. The monoisotopic (exact) mass is 546 g/mol. The molecule has 194 valence electrons. The van der Waals surface area contributed by atoms with Crippen molar-refractivity contribution in [1.29, 1.82) is 5.41 Å². The molecule has 37 heavy (non-hydrogen) atoms. The van der Waals surface area contributed by atoms with E-state index in [0.29, 0.717) is 0 Å². The van der Waals surface area contributed by atoms with Crippen LogP contribution in [0.3, 0.4) is 0 Å². The summed E-state index contributed by atoms with van der Waals surface area (Å²) in [6.07, 6.45) is 1.53. The molecule has 2 atom stereocenters. The molecule has 0 aliphatic carbocycles. The van der Waals surface area contributed by atoms with Crippen molar-refractivity contribution in [3.63, 3.8) is 0 Å². The minimum Gasteiger partial charge on any atom is -0.477 e. The SMILES string of the molecule is C=CCn1c(C2=C(C(=O)O)N3C(=O)C(NC(=O)/C(=N\OCC)c4nsc(N)n4)[C@H]3SC2)nc(N)cc1=N. The summed E-state index contributed by atoms with van der Waals surface area (Å²) in [6, 6.07) is 0.288. The van der Waals surface area contributed by atoms with Crippen LogP contribution in [0.1, 0.15) is 18.6 Å². The number of oxime groups is 1. The standard InChI is InChI=1S/C20H22N10O5S2/c1-3-5-29-10(22)6-9(21)24-15(29)8-7-36-18-12(17(32)30(18)13(8)19(33)34)25-16(31)11(27-35-4-2)14-26-20(23)37-28-14/h3,6,12,18,22H,1,4-5,7,21H2,2H3,(H,25,31)(H,33,34)(H2,23,26,28)/b22-10?,27-11-/t12?,18-/m1/s1. The highest BCUT2D eigenvalue weighted by Crippen LogP contribution is 2.43. The quantitative estimate of drug-likeness (QED) is 0.113. The summed E-state index contributed by atoms with van der Waals surface area (Å²) < 4.78 is 5.40. The lowest BCUT2D eigenvalue weighted by Gasteiger charge is -2.49. The number of hydrogen-bond acceptors (Lipinski definition) is 13. The second kappa shape index (κ2) is 10.4. The fourth-order valence-electron chi connectivity index (χ4n) is 3.74. The van der Waals surface area contributed by atoms with Crippen molar-refractivity contribution < 1.29 is 24.3 Å². The molecule has 17 heteroatoms. The number of carbonyl (C=O) groups is 3. The van der Waals surface area contributed by atoms with Gasteiger partial charge in [0.25, 0.3) is 11.8 Å². The van der Waals surface area contributed by atoms with Crippen LogP contribution in [-0.2, 0) is 25.8 Å². The van der Waals surface area contributed by atoms with E-state index in [4.69, 9.17) is 21.7 Å². The number of thioether (sulfide) groups is 1. The Labute approximate surface area is 217 Å². The van der Waals surface area contributed by atoms with Crippen LogP contribution in [0.4, 0.5) is 10.9 Å². The minimum atomic E-state index is -1.36. The Kier molecular flexibility index (Phi) is 7.25. The molecule has 4 heterocycles. The van der Waals surface area contributed by atoms with Gasteiger partial charge in [-0.3, -0.25) is 19.9 Å². The van der Waals surface area contributed by atoms with Crippen LogP contribution in [-0.4, -0.2) is 76.2 Å². The van der Waals surface area contributed by atoms with Gasteiger partial charge in [-0.2, -0.15) is 9.36 Å². The molecule has 2 amide bonds. The summed E-state index contributed by atoms with van der Waals surface area (Å²) >= 11 is 2.09. The van der Waals surface area contributed by atoms with Gasteiger partial charge in [0.2, 0.25) is 11.5 Å². The van der Waals surface area contributed by atoms with Crippen LogP contribution < -0.4 is 22.3 Å². The Bertz CT molecular complexity index is 1410. The number of aromatic nitrogens is 4. The van der Waals surface area contributed by atoms with E-state index < -0.39 is 29.2 Å². The fourth-order valence-corrected chi connectivity index (χ4v) is 5.51. The molecule has 0 aromatic carbocycles. The topological polar surface area (TPSA) is 228 Å². The van der Waals surface area contributed by atoms with Crippen LogP contribution in [0.2, 0.25) is 0 Å². The average Bonchev–Trinajstić information content (AvgIpc) is 3.28. The molecule has 0 saturated carbocycles. The number of fused-ring (bicyclic) bond motifs is 1. The first-order chi connectivity index (χ1) is 17.7.